The van der Waals surface area contributed by atoms with Gasteiger partial charge in [0, 0.05) is 47.1 Å². The number of nitriles is 1. The van der Waals surface area contributed by atoms with Gasteiger partial charge in [-0.3, -0.25) is 4.79 Å². The SMILES string of the molecule is COc1ccc(CNC(=O)/C(C#N)=C/c2c[nH]c3ncc(-c4ccc(F)cc4OC)cc23)cc1OC. The molecule has 8 nitrogen and oxygen atoms in total. The van der Waals surface area contributed by atoms with Crippen molar-refractivity contribution in [3.05, 3.63) is 77.4 Å². The molecule has 0 aliphatic carbocycles. The van der Waals surface area contributed by atoms with Crippen molar-refractivity contribution in [2.75, 3.05) is 21.3 Å². The molecule has 2 heterocycles. The average molecular weight is 487 g/mol. The molecular formula is C27H23FN4O4. The molecule has 2 aromatic carbocycles. The Morgan fingerprint density at radius 3 is 2.58 bits per heavy atom. The molecule has 182 valence electrons. The molecule has 0 aliphatic heterocycles. The van der Waals surface area contributed by atoms with Crippen LogP contribution in [-0.4, -0.2) is 37.2 Å². The first kappa shape index (κ1) is 24.3. The maximum atomic E-state index is 13.6. The van der Waals surface area contributed by atoms with Crippen LogP contribution in [0.15, 0.2) is 60.4 Å². The number of hydrogen-bond donors (Lipinski definition) is 2. The molecule has 0 bridgehead atoms. The van der Waals surface area contributed by atoms with Crippen LogP contribution in [0.1, 0.15) is 11.1 Å². The van der Waals surface area contributed by atoms with Gasteiger partial charge in [0.25, 0.3) is 5.91 Å². The summed E-state index contributed by atoms with van der Waals surface area (Å²) in [5.74, 6) is 0.561. The molecule has 36 heavy (non-hydrogen) atoms. The molecule has 4 aromatic rings. The van der Waals surface area contributed by atoms with Crippen LogP contribution in [0.5, 0.6) is 17.2 Å². The van der Waals surface area contributed by atoms with Crippen molar-refractivity contribution in [1.29, 1.82) is 5.26 Å². The monoisotopic (exact) mass is 486 g/mol. The number of ether oxygens (including phenoxy) is 3. The van der Waals surface area contributed by atoms with Gasteiger partial charge in [-0.15, -0.1) is 0 Å². The standard InChI is InChI=1S/C27H23FN4O4/c1-34-23-7-4-16(8-25(23)36-3)13-32-27(33)17(12-29)9-18-14-30-26-22(18)10-19(15-31-26)21-6-5-20(28)11-24(21)35-2/h4-11,14-15H,13H2,1-3H3,(H,30,31)(H,32,33)/b17-9+. The molecule has 1 amide bonds. The van der Waals surface area contributed by atoms with Crippen LogP contribution < -0.4 is 19.5 Å². The number of benzene rings is 2. The van der Waals surface area contributed by atoms with E-state index in [0.29, 0.717) is 45.0 Å². The van der Waals surface area contributed by atoms with E-state index in [1.54, 1.807) is 43.8 Å². The Hall–Kier alpha value is -4.84. The minimum atomic E-state index is -0.522. The van der Waals surface area contributed by atoms with E-state index in [1.165, 1.54) is 32.4 Å². The summed E-state index contributed by atoms with van der Waals surface area (Å²) in [7, 11) is 4.54. The number of nitrogens with one attached hydrogen (secondary N) is 2. The van der Waals surface area contributed by atoms with Crippen molar-refractivity contribution in [1.82, 2.24) is 15.3 Å². The Morgan fingerprint density at radius 2 is 1.86 bits per heavy atom. The van der Waals surface area contributed by atoms with Crippen LogP contribution in [0.2, 0.25) is 0 Å². The van der Waals surface area contributed by atoms with E-state index in [9.17, 15) is 14.4 Å². The number of aromatic nitrogens is 2. The summed E-state index contributed by atoms with van der Waals surface area (Å²) in [5, 5.41) is 13.1. The molecule has 0 saturated carbocycles. The van der Waals surface area contributed by atoms with E-state index in [2.05, 4.69) is 15.3 Å². The number of H-pyrrole nitrogens is 1. The van der Waals surface area contributed by atoms with Crippen molar-refractivity contribution in [3.63, 3.8) is 0 Å². The zero-order chi connectivity index (χ0) is 25.7. The fourth-order valence-corrected chi connectivity index (χ4v) is 3.77. The fourth-order valence-electron chi connectivity index (χ4n) is 3.77. The highest BCUT2D eigenvalue weighted by atomic mass is 19.1. The Labute approximate surface area is 206 Å². The number of amides is 1. The lowest BCUT2D eigenvalue weighted by molar-refractivity contribution is -0.117. The first-order valence-electron chi connectivity index (χ1n) is 10.9. The van der Waals surface area contributed by atoms with Crippen LogP contribution in [0, 0.1) is 17.1 Å². The highest BCUT2D eigenvalue weighted by Gasteiger charge is 2.14. The minimum absolute atomic E-state index is 0.0684. The second-order valence-corrected chi connectivity index (χ2v) is 7.75. The molecule has 2 aromatic heterocycles. The Kier molecular flexibility index (Phi) is 7.16. The van der Waals surface area contributed by atoms with Crippen molar-refractivity contribution in [3.8, 4) is 34.4 Å². The number of halogens is 1. The molecule has 0 unspecified atom stereocenters. The number of aromatic amines is 1. The summed E-state index contributed by atoms with van der Waals surface area (Å²) >= 11 is 0. The third-order valence-corrected chi connectivity index (χ3v) is 5.60. The van der Waals surface area contributed by atoms with Gasteiger partial charge in [0.1, 0.15) is 28.9 Å². The number of fused-ring (bicyclic) bond motifs is 1. The zero-order valence-corrected chi connectivity index (χ0v) is 19.9. The van der Waals surface area contributed by atoms with Crippen LogP contribution in [0.4, 0.5) is 4.39 Å². The lowest BCUT2D eigenvalue weighted by Crippen LogP contribution is -2.24. The van der Waals surface area contributed by atoms with E-state index in [4.69, 9.17) is 14.2 Å². The number of pyridine rings is 1. The number of carbonyl (C=O) groups excluding carboxylic acids is 1. The fraction of sp³-hybridized carbons (Fsp3) is 0.148. The molecule has 0 atom stereocenters. The third-order valence-electron chi connectivity index (χ3n) is 5.60. The molecule has 0 spiro atoms. The molecule has 0 radical (unpaired) electrons. The molecule has 0 aliphatic rings. The van der Waals surface area contributed by atoms with Crippen LogP contribution in [0.3, 0.4) is 0 Å². The Bertz CT molecular complexity index is 1500. The maximum absolute atomic E-state index is 13.6. The van der Waals surface area contributed by atoms with E-state index < -0.39 is 11.7 Å². The lowest BCUT2D eigenvalue weighted by Gasteiger charge is -2.10. The zero-order valence-electron chi connectivity index (χ0n) is 19.9. The van der Waals surface area contributed by atoms with Crippen molar-refractivity contribution < 1.29 is 23.4 Å². The van der Waals surface area contributed by atoms with Gasteiger partial charge in [-0.2, -0.15) is 5.26 Å². The largest absolute Gasteiger partial charge is 0.496 e. The van der Waals surface area contributed by atoms with Gasteiger partial charge in [-0.25, -0.2) is 9.37 Å². The summed E-state index contributed by atoms with van der Waals surface area (Å²) in [6.07, 6.45) is 4.81. The number of methoxy groups -OCH3 is 3. The minimum Gasteiger partial charge on any atom is -0.496 e. The maximum Gasteiger partial charge on any atom is 0.262 e. The van der Waals surface area contributed by atoms with Gasteiger partial charge in [0.05, 0.1) is 21.3 Å². The second kappa shape index (κ2) is 10.6. The van der Waals surface area contributed by atoms with Crippen molar-refractivity contribution in [2.24, 2.45) is 0 Å². The van der Waals surface area contributed by atoms with Gasteiger partial charge in [0.2, 0.25) is 0 Å². The van der Waals surface area contributed by atoms with E-state index in [-0.39, 0.29) is 12.1 Å². The van der Waals surface area contributed by atoms with E-state index >= 15 is 0 Å². The van der Waals surface area contributed by atoms with Gasteiger partial charge in [0.15, 0.2) is 11.5 Å². The highest BCUT2D eigenvalue weighted by Crippen LogP contribution is 2.33. The molecular weight excluding hydrogens is 463 g/mol. The van der Waals surface area contributed by atoms with E-state index in [0.717, 1.165) is 5.56 Å². The topological polar surface area (TPSA) is 109 Å². The summed E-state index contributed by atoms with van der Waals surface area (Å²) in [6.45, 7) is 0.197. The molecule has 4 rings (SSSR count). The van der Waals surface area contributed by atoms with Crippen LogP contribution in [0.25, 0.3) is 28.2 Å². The lowest BCUT2D eigenvalue weighted by atomic mass is 10.0. The quantitative estimate of drug-likeness (QED) is 0.278. The van der Waals surface area contributed by atoms with Crippen molar-refractivity contribution >= 4 is 23.0 Å². The third kappa shape index (κ3) is 4.98. The summed E-state index contributed by atoms with van der Waals surface area (Å²) in [5.41, 5.74) is 3.27. The van der Waals surface area contributed by atoms with Crippen LogP contribution >= 0.6 is 0 Å². The molecule has 2 N–H and O–H groups in total. The molecule has 0 fully saturated rings. The Balaban J connectivity index is 1.59. The first-order valence-corrected chi connectivity index (χ1v) is 10.9. The van der Waals surface area contributed by atoms with E-state index in [1.807, 2.05) is 12.1 Å². The van der Waals surface area contributed by atoms with Gasteiger partial charge in [-0.05, 0) is 42.0 Å². The number of rotatable bonds is 8. The summed E-state index contributed by atoms with van der Waals surface area (Å²) < 4.78 is 29.5. The average Bonchev–Trinajstić information content (AvgIpc) is 3.31. The van der Waals surface area contributed by atoms with Gasteiger partial charge < -0.3 is 24.5 Å². The van der Waals surface area contributed by atoms with Gasteiger partial charge >= 0.3 is 0 Å². The normalized spacial score (nSPS) is 11.1. The molecule has 0 saturated heterocycles. The number of carbonyl (C=O) groups is 1. The first-order chi connectivity index (χ1) is 17.5. The Morgan fingerprint density at radius 1 is 1.08 bits per heavy atom. The number of nitrogens with zero attached hydrogens (tertiary/aromatic N) is 2. The second-order valence-electron chi connectivity index (χ2n) is 7.75. The number of hydrogen-bond acceptors (Lipinski definition) is 6. The smallest absolute Gasteiger partial charge is 0.262 e. The summed E-state index contributed by atoms with van der Waals surface area (Å²) in [6, 6.07) is 13.4. The predicted molar refractivity (Wildman–Crippen MR) is 133 cm³/mol. The molecule has 9 heteroatoms. The summed E-state index contributed by atoms with van der Waals surface area (Å²) in [4.78, 5) is 20.2. The van der Waals surface area contributed by atoms with Crippen molar-refractivity contribution in [2.45, 2.75) is 6.54 Å². The highest BCUT2D eigenvalue weighted by molar-refractivity contribution is 6.04. The van der Waals surface area contributed by atoms with Crippen LogP contribution in [-0.2, 0) is 11.3 Å². The predicted octanol–water partition coefficient (Wildman–Crippen LogP) is 4.62. The van der Waals surface area contributed by atoms with Gasteiger partial charge in [-0.1, -0.05) is 6.07 Å².